The van der Waals surface area contributed by atoms with Crippen molar-refractivity contribution in [3.05, 3.63) is 63.1 Å². The summed E-state index contributed by atoms with van der Waals surface area (Å²) in [6.45, 7) is 3.77. The molecule has 2 aromatic carbocycles. The molecule has 21 heavy (non-hydrogen) atoms. The fraction of sp³-hybridized carbons (Fsp3) is 0.235. The second-order valence-electron chi connectivity index (χ2n) is 5.34. The van der Waals surface area contributed by atoms with Crippen molar-refractivity contribution in [2.45, 2.75) is 19.9 Å². The van der Waals surface area contributed by atoms with Crippen molar-refractivity contribution < 1.29 is 4.79 Å². The van der Waals surface area contributed by atoms with Gasteiger partial charge in [0.05, 0.1) is 0 Å². The third-order valence-electron chi connectivity index (χ3n) is 3.68. The Labute approximate surface area is 132 Å². The lowest BCUT2D eigenvalue weighted by Crippen LogP contribution is -2.26. The predicted octanol–water partition coefficient (Wildman–Crippen LogP) is 3.66. The normalized spacial score (nSPS) is 13.6. The summed E-state index contributed by atoms with van der Waals surface area (Å²) < 4.78 is 0.970. The molecule has 0 radical (unpaired) electrons. The Morgan fingerprint density at radius 2 is 2.14 bits per heavy atom. The van der Waals surface area contributed by atoms with Crippen molar-refractivity contribution >= 4 is 27.5 Å². The highest BCUT2D eigenvalue weighted by molar-refractivity contribution is 9.10. The van der Waals surface area contributed by atoms with Crippen molar-refractivity contribution in [3.63, 3.8) is 0 Å². The molecule has 0 aliphatic carbocycles. The van der Waals surface area contributed by atoms with Gasteiger partial charge in [-0.15, -0.1) is 0 Å². The van der Waals surface area contributed by atoms with Crippen LogP contribution in [0.1, 0.15) is 27.0 Å². The number of aryl methyl sites for hydroxylation is 1. The SMILES string of the molecule is Cc1cc(Br)cc(NC(=O)c2cccc3c2CCNC3)c1. The number of anilines is 1. The summed E-state index contributed by atoms with van der Waals surface area (Å²) in [5.41, 5.74) is 5.10. The molecule has 4 heteroatoms. The van der Waals surface area contributed by atoms with Crippen LogP contribution in [0.15, 0.2) is 40.9 Å². The van der Waals surface area contributed by atoms with Crippen molar-refractivity contribution in [1.82, 2.24) is 5.32 Å². The van der Waals surface area contributed by atoms with Crippen LogP contribution in [0.5, 0.6) is 0 Å². The summed E-state index contributed by atoms with van der Waals surface area (Å²) in [5, 5.41) is 6.33. The molecule has 0 aromatic heterocycles. The number of nitrogens with one attached hydrogen (secondary N) is 2. The molecule has 1 aliphatic heterocycles. The molecule has 0 saturated carbocycles. The van der Waals surface area contributed by atoms with Crippen LogP contribution in [0.3, 0.4) is 0 Å². The molecule has 0 spiro atoms. The lowest BCUT2D eigenvalue weighted by molar-refractivity contribution is 0.102. The number of amides is 1. The van der Waals surface area contributed by atoms with E-state index in [0.717, 1.165) is 40.8 Å². The van der Waals surface area contributed by atoms with E-state index < -0.39 is 0 Å². The van der Waals surface area contributed by atoms with E-state index >= 15 is 0 Å². The average molecular weight is 345 g/mol. The van der Waals surface area contributed by atoms with E-state index in [1.54, 1.807) is 0 Å². The van der Waals surface area contributed by atoms with Crippen molar-refractivity contribution in [3.8, 4) is 0 Å². The highest BCUT2D eigenvalue weighted by Gasteiger charge is 2.17. The van der Waals surface area contributed by atoms with Crippen LogP contribution >= 0.6 is 15.9 Å². The Kier molecular flexibility index (Phi) is 4.08. The van der Waals surface area contributed by atoms with Gasteiger partial charge >= 0.3 is 0 Å². The zero-order valence-electron chi connectivity index (χ0n) is 11.9. The molecular weight excluding hydrogens is 328 g/mol. The maximum atomic E-state index is 12.6. The monoisotopic (exact) mass is 344 g/mol. The molecule has 0 unspecified atom stereocenters. The number of carbonyl (C=O) groups is 1. The zero-order chi connectivity index (χ0) is 14.8. The summed E-state index contributed by atoms with van der Waals surface area (Å²) in [5.74, 6) is -0.0359. The first-order valence-electron chi connectivity index (χ1n) is 7.03. The molecule has 1 aliphatic rings. The number of hydrogen-bond acceptors (Lipinski definition) is 2. The van der Waals surface area contributed by atoms with E-state index in [0.29, 0.717) is 0 Å². The summed E-state index contributed by atoms with van der Waals surface area (Å²) in [6, 6.07) is 11.9. The van der Waals surface area contributed by atoms with Gasteiger partial charge < -0.3 is 10.6 Å². The number of carbonyl (C=O) groups excluding carboxylic acids is 1. The van der Waals surface area contributed by atoms with Gasteiger partial charge in [0.15, 0.2) is 0 Å². The van der Waals surface area contributed by atoms with Gasteiger partial charge in [-0.3, -0.25) is 4.79 Å². The van der Waals surface area contributed by atoms with Gasteiger partial charge in [0.2, 0.25) is 0 Å². The van der Waals surface area contributed by atoms with E-state index in [-0.39, 0.29) is 5.91 Å². The van der Waals surface area contributed by atoms with Crippen LogP contribution in [-0.4, -0.2) is 12.5 Å². The molecular formula is C17H17BrN2O. The minimum Gasteiger partial charge on any atom is -0.322 e. The predicted molar refractivity (Wildman–Crippen MR) is 88.7 cm³/mol. The minimum absolute atomic E-state index is 0.0359. The molecule has 2 aromatic rings. The van der Waals surface area contributed by atoms with Crippen molar-refractivity contribution in [1.29, 1.82) is 0 Å². The topological polar surface area (TPSA) is 41.1 Å². The molecule has 0 bridgehead atoms. The molecule has 0 fully saturated rings. The van der Waals surface area contributed by atoms with Gasteiger partial charge in [0.25, 0.3) is 5.91 Å². The number of rotatable bonds is 2. The molecule has 3 nitrogen and oxygen atoms in total. The quantitative estimate of drug-likeness (QED) is 0.872. The van der Waals surface area contributed by atoms with Crippen LogP contribution in [-0.2, 0) is 13.0 Å². The molecule has 0 saturated heterocycles. The lowest BCUT2D eigenvalue weighted by Gasteiger charge is -2.20. The molecule has 1 heterocycles. The number of benzene rings is 2. The van der Waals surface area contributed by atoms with Gasteiger partial charge in [-0.05, 0) is 60.8 Å². The maximum absolute atomic E-state index is 12.6. The van der Waals surface area contributed by atoms with Crippen LogP contribution < -0.4 is 10.6 Å². The van der Waals surface area contributed by atoms with E-state index in [2.05, 4.69) is 32.6 Å². The fourth-order valence-electron chi connectivity index (χ4n) is 2.75. The van der Waals surface area contributed by atoms with Crippen molar-refractivity contribution in [2.75, 3.05) is 11.9 Å². The van der Waals surface area contributed by atoms with Gasteiger partial charge in [0, 0.05) is 22.3 Å². The average Bonchev–Trinajstić information content (AvgIpc) is 2.45. The molecule has 3 rings (SSSR count). The first-order valence-corrected chi connectivity index (χ1v) is 7.83. The van der Waals surface area contributed by atoms with E-state index in [4.69, 9.17) is 0 Å². The molecule has 2 N–H and O–H groups in total. The van der Waals surface area contributed by atoms with Crippen LogP contribution in [0, 0.1) is 6.92 Å². The van der Waals surface area contributed by atoms with E-state index in [1.807, 2.05) is 37.3 Å². The third kappa shape index (κ3) is 3.17. The van der Waals surface area contributed by atoms with Crippen LogP contribution in [0.2, 0.25) is 0 Å². The fourth-order valence-corrected chi connectivity index (χ4v) is 3.36. The molecule has 108 valence electrons. The van der Waals surface area contributed by atoms with E-state index in [1.165, 1.54) is 11.1 Å². The molecule has 1 amide bonds. The Bertz CT molecular complexity index is 677. The number of hydrogen-bond donors (Lipinski definition) is 2. The first-order chi connectivity index (χ1) is 10.1. The summed E-state index contributed by atoms with van der Waals surface area (Å²) >= 11 is 3.46. The largest absolute Gasteiger partial charge is 0.322 e. The molecule has 0 atom stereocenters. The number of halogens is 1. The van der Waals surface area contributed by atoms with Gasteiger partial charge in [-0.1, -0.05) is 28.1 Å². The second-order valence-corrected chi connectivity index (χ2v) is 6.26. The van der Waals surface area contributed by atoms with Gasteiger partial charge in [0.1, 0.15) is 0 Å². The van der Waals surface area contributed by atoms with E-state index in [9.17, 15) is 4.79 Å². The standard InChI is InChI=1S/C17H17BrN2O/c1-11-7-13(18)9-14(8-11)20-17(21)16-4-2-3-12-10-19-6-5-15(12)16/h2-4,7-9,19H,5-6,10H2,1H3,(H,20,21). The maximum Gasteiger partial charge on any atom is 0.255 e. The smallest absolute Gasteiger partial charge is 0.255 e. The highest BCUT2D eigenvalue weighted by atomic mass is 79.9. The van der Waals surface area contributed by atoms with Crippen molar-refractivity contribution in [2.24, 2.45) is 0 Å². The second kappa shape index (κ2) is 6.00. The summed E-state index contributed by atoms with van der Waals surface area (Å²) in [7, 11) is 0. The zero-order valence-corrected chi connectivity index (χ0v) is 13.5. The van der Waals surface area contributed by atoms with Gasteiger partial charge in [-0.25, -0.2) is 0 Å². The van der Waals surface area contributed by atoms with Crippen LogP contribution in [0.4, 0.5) is 5.69 Å². The first kappa shape index (κ1) is 14.3. The Hall–Kier alpha value is -1.65. The third-order valence-corrected chi connectivity index (χ3v) is 4.14. The minimum atomic E-state index is -0.0359. The summed E-state index contributed by atoms with van der Waals surface area (Å²) in [4.78, 5) is 12.6. The van der Waals surface area contributed by atoms with Crippen LogP contribution in [0.25, 0.3) is 0 Å². The Morgan fingerprint density at radius 1 is 1.29 bits per heavy atom. The number of fused-ring (bicyclic) bond motifs is 1. The Morgan fingerprint density at radius 3 is 2.95 bits per heavy atom. The lowest BCUT2D eigenvalue weighted by atomic mass is 9.95. The highest BCUT2D eigenvalue weighted by Crippen LogP contribution is 2.22. The summed E-state index contributed by atoms with van der Waals surface area (Å²) in [6.07, 6.45) is 0.899. The Balaban J connectivity index is 1.89. The van der Waals surface area contributed by atoms with Gasteiger partial charge in [-0.2, -0.15) is 0 Å².